The predicted octanol–water partition coefficient (Wildman–Crippen LogP) is 7.64. The number of ketones is 2. The summed E-state index contributed by atoms with van der Waals surface area (Å²) in [5.41, 5.74) is -2.13. The number of amides is 1. The molecule has 4 aliphatic rings. The zero-order valence-electron chi connectivity index (χ0n) is 31.5. The maximum Gasteiger partial charge on any atom is 0.319 e. The lowest BCUT2D eigenvalue weighted by atomic mass is 9.79. The number of nitrogens with one attached hydrogen (secondary N) is 1. The highest BCUT2D eigenvalue weighted by molar-refractivity contribution is 6.05. The van der Waals surface area contributed by atoms with Gasteiger partial charge >= 0.3 is 5.97 Å². The van der Waals surface area contributed by atoms with Crippen LogP contribution in [-0.2, 0) is 23.9 Å². The fourth-order valence-electron chi connectivity index (χ4n) is 4.66. The van der Waals surface area contributed by atoms with Crippen molar-refractivity contribution >= 4 is 23.4 Å². The van der Waals surface area contributed by atoms with Gasteiger partial charge in [0.2, 0.25) is 5.91 Å². The quantitative estimate of drug-likeness (QED) is 0.226. The topological polar surface area (TPSA) is 161 Å². The molecule has 0 atom stereocenters. The van der Waals surface area contributed by atoms with Gasteiger partial charge in [-0.25, -0.2) is 0 Å². The van der Waals surface area contributed by atoms with Gasteiger partial charge in [0.05, 0.1) is 30.2 Å². The number of rotatable bonds is 6. The van der Waals surface area contributed by atoms with Crippen molar-refractivity contribution in [2.75, 3.05) is 13.2 Å². The summed E-state index contributed by atoms with van der Waals surface area (Å²) in [6.45, 7) is 26.6. The molecule has 0 heterocycles. The zero-order chi connectivity index (χ0) is 36.9. The van der Waals surface area contributed by atoms with Gasteiger partial charge in [-0.1, -0.05) is 83.1 Å². The maximum atomic E-state index is 11.6. The van der Waals surface area contributed by atoms with Gasteiger partial charge < -0.3 is 10.1 Å². The number of esters is 1. The molecule has 4 aliphatic carbocycles. The summed E-state index contributed by atoms with van der Waals surface area (Å²) in [6, 6.07) is 6.58. The number of Topliss-reactive ketones (excluding diaryl/α,β-unsaturated/α-hetero) is 2. The summed E-state index contributed by atoms with van der Waals surface area (Å²) in [4.78, 5) is 45.8. The number of carbonyl (C=O) groups excluding carboxylic acids is 4. The predicted molar refractivity (Wildman–Crippen MR) is 181 cm³/mol. The Morgan fingerprint density at radius 3 is 1.30 bits per heavy atom. The second-order valence-electron chi connectivity index (χ2n) is 18.4. The molecule has 9 nitrogen and oxygen atoms in total. The molecule has 1 N–H and O–H groups in total. The van der Waals surface area contributed by atoms with Crippen molar-refractivity contribution in [2.45, 2.75) is 141 Å². The molecule has 9 heteroatoms. The van der Waals surface area contributed by atoms with Crippen LogP contribution in [0.4, 0.5) is 0 Å². The molecule has 0 aromatic carbocycles. The minimum Gasteiger partial charge on any atom is -0.464 e. The van der Waals surface area contributed by atoms with Crippen LogP contribution < -0.4 is 5.32 Å². The number of carbonyl (C=O) groups is 4. The Balaban J connectivity index is 0.000000317. The molecule has 4 fully saturated rings. The number of nitriles is 3. The maximum absolute atomic E-state index is 11.6. The van der Waals surface area contributed by atoms with E-state index in [0.29, 0.717) is 26.0 Å². The molecular weight excluding hydrogens is 592 g/mol. The Hall–Kier alpha value is -3.25. The standard InChI is InChI=1S/C11H18O3.C10H16N2O.C9H13NO.C8H13N/c1-8(12)11(5-6-11)9(13)14-7-10(2,3)4;1-9(2,3)7-12-8(13)10(6-11)4-5-10;1-8(2,3)7(11)9(6-10)4-5-9;1-7(2,3)8(6-9)4-5-8/h5-7H2,1-4H3;4-5,7H2,1-3H3,(H,12,13);4-5H2,1-3H3;4-5H2,1-3H3. The van der Waals surface area contributed by atoms with Gasteiger partial charge in [0.15, 0.2) is 5.78 Å². The van der Waals surface area contributed by atoms with Crippen LogP contribution in [0.1, 0.15) is 141 Å². The van der Waals surface area contributed by atoms with Crippen molar-refractivity contribution in [3.05, 3.63) is 0 Å². The lowest BCUT2D eigenvalue weighted by Gasteiger charge is -2.23. The third-order valence-electron chi connectivity index (χ3n) is 9.11. The Bertz CT molecular complexity index is 1300. The molecule has 0 unspecified atom stereocenters. The summed E-state index contributed by atoms with van der Waals surface area (Å²) in [5, 5.41) is 29.0. The highest BCUT2D eigenvalue weighted by Crippen LogP contribution is 2.57. The van der Waals surface area contributed by atoms with E-state index in [-0.39, 0.29) is 50.5 Å². The highest BCUT2D eigenvalue weighted by atomic mass is 16.5. The van der Waals surface area contributed by atoms with E-state index in [0.717, 1.165) is 38.5 Å². The van der Waals surface area contributed by atoms with Gasteiger partial charge in [-0.3, -0.25) is 19.2 Å². The van der Waals surface area contributed by atoms with E-state index < -0.39 is 16.2 Å². The first kappa shape index (κ1) is 41.8. The van der Waals surface area contributed by atoms with Gasteiger partial charge in [0.1, 0.15) is 22.0 Å². The number of hydrogen-bond donors (Lipinski definition) is 1. The lowest BCUT2D eigenvalue weighted by molar-refractivity contribution is -0.156. The van der Waals surface area contributed by atoms with Crippen LogP contribution in [0.2, 0.25) is 0 Å². The second kappa shape index (κ2) is 14.5. The Labute approximate surface area is 284 Å². The third-order valence-corrected chi connectivity index (χ3v) is 9.11. The summed E-state index contributed by atoms with van der Waals surface area (Å²) < 4.78 is 5.14. The summed E-state index contributed by atoms with van der Waals surface area (Å²) >= 11 is 0. The summed E-state index contributed by atoms with van der Waals surface area (Å²) in [5.74, 6) is -0.381. The first-order valence-corrected chi connectivity index (χ1v) is 16.9. The van der Waals surface area contributed by atoms with Gasteiger partial charge in [-0.05, 0) is 74.5 Å². The molecule has 4 saturated carbocycles. The van der Waals surface area contributed by atoms with Crippen molar-refractivity contribution < 1.29 is 23.9 Å². The Morgan fingerprint density at radius 1 is 0.660 bits per heavy atom. The van der Waals surface area contributed by atoms with E-state index in [9.17, 15) is 19.2 Å². The van der Waals surface area contributed by atoms with Gasteiger partial charge in [-0.15, -0.1) is 0 Å². The van der Waals surface area contributed by atoms with Gasteiger partial charge in [-0.2, -0.15) is 15.8 Å². The smallest absolute Gasteiger partial charge is 0.319 e. The van der Waals surface area contributed by atoms with Crippen molar-refractivity contribution in [2.24, 2.45) is 43.3 Å². The van der Waals surface area contributed by atoms with Crippen LogP contribution in [-0.4, -0.2) is 36.6 Å². The number of hydrogen-bond acceptors (Lipinski definition) is 8. The third kappa shape index (κ3) is 12.1. The minimum absolute atomic E-state index is 0.0347. The van der Waals surface area contributed by atoms with Crippen molar-refractivity contribution in [3.63, 3.8) is 0 Å². The number of nitrogens with zero attached hydrogens (tertiary/aromatic N) is 3. The largest absolute Gasteiger partial charge is 0.464 e. The normalized spacial score (nSPS) is 20.0. The molecule has 47 heavy (non-hydrogen) atoms. The van der Waals surface area contributed by atoms with E-state index in [4.69, 9.17) is 20.5 Å². The van der Waals surface area contributed by atoms with Crippen LogP contribution in [0.25, 0.3) is 0 Å². The average molecular weight is 653 g/mol. The van der Waals surface area contributed by atoms with Crippen molar-refractivity contribution in [3.8, 4) is 18.2 Å². The molecule has 0 radical (unpaired) electrons. The van der Waals surface area contributed by atoms with E-state index in [1.807, 2.05) is 41.5 Å². The number of ether oxygens (including phenoxy) is 1. The average Bonchev–Trinajstić information content (AvgIpc) is 3.79. The fraction of sp³-hybridized carbons (Fsp3) is 0.816. The molecule has 0 saturated heterocycles. The first-order valence-electron chi connectivity index (χ1n) is 16.9. The highest BCUT2D eigenvalue weighted by Gasteiger charge is 2.56. The Morgan fingerprint density at radius 2 is 1.11 bits per heavy atom. The monoisotopic (exact) mass is 652 g/mol. The van der Waals surface area contributed by atoms with Crippen LogP contribution in [0, 0.1) is 77.3 Å². The molecule has 4 rings (SSSR count). The van der Waals surface area contributed by atoms with Crippen LogP contribution >= 0.6 is 0 Å². The second-order valence-corrected chi connectivity index (χ2v) is 18.4. The van der Waals surface area contributed by atoms with Gasteiger partial charge in [0, 0.05) is 12.0 Å². The Kier molecular flexibility index (Phi) is 12.9. The summed E-state index contributed by atoms with van der Waals surface area (Å²) in [6.07, 6.45) is 6.49. The molecule has 0 aromatic rings. The van der Waals surface area contributed by atoms with E-state index in [1.54, 1.807) is 0 Å². The van der Waals surface area contributed by atoms with E-state index >= 15 is 0 Å². The SMILES string of the molecule is CC(=O)C1(C(=O)OCC(C)(C)C)CC1.CC(C)(C)C(=O)C1(C#N)CC1.CC(C)(C)C1(C#N)CC1.CC(C)(C)CNC(=O)C1(C#N)CC1. The van der Waals surface area contributed by atoms with E-state index in [2.05, 4.69) is 65.1 Å². The molecule has 0 spiro atoms. The van der Waals surface area contributed by atoms with Crippen LogP contribution in [0.15, 0.2) is 0 Å². The minimum atomic E-state index is -0.773. The lowest BCUT2D eigenvalue weighted by Crippen LogP contribution is -2.37. The molecule has 0 bridgehead atoms. The first-order chi connectivity index (χ1) is 21.1. The zero-order valence-corrected chi connectivity index (χ0v) is 31.5. The molecule has 0 aromatic heterocycles. The van der Waals surface area contributed by atoms with Crippen molar-refractivity contribution in [1.82, 2.24) is 5.32 Å². The molecule has 1 amide bonds. The van der Waals surface area contributed by atoms with Gasteiger partial charge in [0.25, 0.3) is 0 Å². The summed E-state index contributed by atoms with van der Waals surface area (Å²) in [7, 11) is 0. The molecule has 0 aliphatic heterocycles. The van der Waals surface area contributed by atoms with E-state index in [1.165, 1.54) is 6.92 Å². The van der Waals surface area contributed by atoms with Crippen LogP contribution in [0.3, 0.4) is 0 Å². The molecular formula is C38H60N4O5. The van der Waals surface area contributed by atoms with Crippen molar-refractivity contribution in [1.29, 1.82) is 15.8 Å². The molecule has 262 valence electrons. The fourth-order valence-corrected chi connectivity index (χ4v) is 4.66. The van der Waals surface area contributed by atoms with Crippen LogP contribution in [0.5, 0.6) is 0 Å².